The average molecular weight is 404 g/mol. The van der Waals surface area contributed by atoms with Gasteiger partial charge < -0.3 is 9.80 Å². The lowest BCUT2D eigenvalue weighted by Crippen LogP contribution is -2.35. The Hall–Kier alpha value is -3.59. The first-order valence-corrected chi connectivity index (χ1v) is 11.0. The summed E-state index contributed by atoms with van der Waals surface area (Å²) in [5.74, 6) is 0. The van der Waals surface area contributed by atoms with Crippen molar-refractivity contribution >= 4 is 22.7 Å². The van der Waals surface area contributed by atoms with Gasteiger partial charge >= 0.3 is 0 Å². The van der Waals surface area contributed by atoms with Crippen LogP contribution in [0.5, 0.6) is 0 Å². The molecule has 3 aromatic carbocycles. The Bertz CT molecular complexity index is 1310. The molecule has 0 amide bonds. The largest absolute Gasteiger partial charge is 0.318 e. The van der Waals surface area contributed by atoms with E-state index in [0.29, 0.717) is 0 Å². The molecule has 0 bridgehead atoms. The molecule has 1 aromatic heterocycles. The van der Waals surface area contributed by atoms with E-state index in [9.17, 15) is 0 Å². The maximum absolute atomic E-state index is 4.87. The number of nitrogens with zero attached hydrogens (tertiary/aromatic N) is 3. The number of benzene rings is 3. The number of anilines is 4. The summed E-state index contributed by atoms with van der Waals surface area (Å²) in [6.07, 6.45) is 1.06. The fraction of sp³-hybridized carbons (Fsp3) is 0.179. The summed E-state index contributed by atoms with van der Waals surface area (Å²) < 4.78 is 0. The van der Waals surface area contributed by atoms with Gasteiger partial charge in [0, 0.05) is 34.6 Å². The van der Waals surface area contributed by atoms with Gasteiger partial charge in [-0.2, -0.15) is 0 Å². The molecule has 31 heavy (non-hydrogen) atoms. The number of aromatic nitrogens is 1. The van der Waals surface area contributed by atoms with Crippen LogP contribution in [-0.2, 0) is 6.42 Å². The third-order valence-electron chi connectivity index (χ3n) is 6.64. The molecule has 1 aliphatic heterocycles. The highest BCUT2D eigenvalue weighted by molar-refractivity contribution is 6.01. The van der Waals surface area contributed by atoms with Crippen molar-refractivity contribution in [1.82, 2.24) is 4.98 Å². The Morgan fingerprint density at radius 1 is 0.774 bits per heavy atom. The maximum atomic E-state index is 4.87. The van der Waals surface area contributed by atoms with Crippen LogP contribution in [0.3, 0.4) is 0 Å². The van der Waals surface area contributed by atoms with E-state index in [2.05, 4.69) is 109 Å². The minimum absolute atomic E-state index is 0.160. The number of hydrogen-bond acceptors (Lipinski definition) is 3. The average Bonchev–Trinajstić information content (AvgIpc) is 3.28. The number of aryl methyl sites for hydroxylation is 2. The first kappa shape index (κ1) is 18.2. The molecule has 0 N–H and O–H groups in total. The van der Waals surface area contributed by atoms with Crippen LogP contribution < -0.4 is 9.80 Å². The molecule has 1 atom stereocenters. The van der Waals surface area contributed by atoms with Gasteiger partial charge in [-0.1, -0.05) is 48.5 Å². The predicted molar refractivity (Wildman–Crippen MR) is 129 cm³/mol. The van der Waals surface area contributed by atoms with Crippen LogP contribution in [0.2, 0.25) is 0 Å². The molecular weight excluding hydrogens is 378 g/mol. The van der Waals surface area contributed by atoms with E-state index in [-0.39, 0.29) is 6.17 Å². The Morgan fingerprint density at radius 2 is 1.55 bits per heavy atom. The van der Waals surface area contributed by atoms with Gasteiger partial charge in [0.25, 0.3) is 0 Å². The fourth-order valence-corrected chi connectivity index (χ4v) is 5.26. The predicted octanol–water partition coefficient (Wildman–Crippen LogP) is 6.91. The van der Waals surface area contributed by atoms with Crippen molar-refractivity contribution in [2.24, 2.45) is 0 Å². The minimum Gasteiger partial charge on any atom is -0.318 e. The highest BCUT2D eigenvalue weighted by Crippen LogP contribution is 2.55. The lowest BCUT2D eigenvalue weighted by Gasteiger charge is -2.31. The van der Waals surface area contributed by atoms with Gasteiger partial charge in [0.05, 0.1) is 17.1 Å². The smallest absolute Gasteiger partial charge is 0.108 e. The fourth-order valence-electron chi connectivity index (χ4n) is 5.26. The molecule has 2 aliphatic rings. The topological polar surface area (TPSA) is 19.4 Å². The molecule has 3 nitrogen and oxygen atoms in total. The molecule has 1 aliphatic carbocycles. The van der Waals surface area contributed by atoms with Crippen molar-refractivity contribution in [2.75, 3.05) is 9.80 Å². The Balaban J connectivity index is 1.65. The molecule has 0 saturated carbocycles. The van der Waals surface area contributed by atoms with Crippen molar-refractivity contribution in [2.45, 2.75) is 33.4 Å². The SMILES string of the molecule is Cc1ccc2c(n1)Cc1ccc3c(c1-2)N(c1ccccc1)[C@H](C)N3c1ccccc1C. The van der Waals surface area contributed by atoms with E-state index in [1.807, 2.05) is 0 Å². The van der Waals surface area contributed by atoms with Crippen LogP contribution in [0.15, 0.2) is 78.9 Å². The van der Waals surface area contributed by atoms with Crippen molar-refractivity contribution in [3.8, 4) is 11.1 Å². The summed E-state index contributed by atoms with van der Waals surface area (Å²) in [4.78, 5) is 9.85. The second-order valence-electron chi connectivity index (χ2n) is 8.58. The van der Waals surface area contributed by atoms with Gasteiger partial charge in [-0.05, 0) is 62.2 Å². The zero-order chi connectivity index (χ0) is 21.1. The van der Waals surface area contributed by atoms with Gasteiger partial charge in [-0.25, -0.2) is 0 Å². The minimum atomic E-state index is 0.160. The molecule has 0 saturated heterocycles. The molecule has 0 unspecified atom stereocenters. The molecule has 6 rings (SSSR count). The molecular formula is C28H25N3. The lowest BCUT2D eigenvalue weighted by molar-refractivity contribution is 0.760. The van der Waals surface area contributed by atoms with E-state index < -0.39 is 0 Å². The molecule has 0 fully saturated rings. The van der Waals surface area contributed by atoms with Crippen LogP contribution in [-0.4, -0.2) is 11.1 Å². The van der Waals surface area contributed by atoms with Crippen LogP contribution >= 0.6 is 0 Å². The maximum Gasteiger partial charge on any atom is 0.108 e. The quantitative estimate of drug-likeness (QED) is 0.319. The van der Waals surface area contributed by atoms with Crippen LogP contribution in [0.4, 0.5) is 22.7 Å². The number of pyridine rings is 1. The van der Waals surface area contributed by atoms with Gasteiger partial charge in [0.15, 0.2) is 0 Å². The normalized spacial score (nSPS) is 16.3. The van der Waals surface area contributed by atoms with E-state index in [4.69, 9.17) is 4.98 Å². The molecule has 152 valence electrons. The molecule has 3 heteroatoms. The van der Waals surface area contributed by atoms with E-state index in [1.54, 1.807) is 0 Å². The number of hydrogen-bond donors (Lipinski definition) is 0. The Morgan fingerprint density at radius 3 is 2.35 bits per heavy atom. The number of para-hydroxylation sites is 2. The summed E-state index contributed by atoms with van der Waals surface area (Å²) in [7, 11) is 0. The standard InChI is InChI=1S/C28H25N3/c1-18-9-7-8-12-25(18)31-20(3)30(22-10-5-4-6-11-22)28-26(31)16-14-21-17-24-23(27(21)28)15-13-19(2)29-24/h4-16,20H,17H2,1-3H3/t20-/m0/s1. The summed E-state index contributed by atoms with van der Waals surface area (Å²) in [5.41, 5.74) is 12.6. The van der Waals surface area contributed by atoms with Crippen LogP contribution in [0.1, 0.15) is 29.4 Å². The molecule has 0 radical (unpaired) electrons. The van der Waals surface area contributed by atoms with Crippen molar-refractivity contribution in [1.29, 1.82) is 0 Å². The summed E-state index contributed by atoms with van der Waals surface area (Å²) in [5, 5.41) is 0. The third-order valence-corrected chi connectivity index (χ3v) is 6.64. The first-order chi connectivity index (χ1) is 15.1. The lowest BCUT2D eigenvalue weighted by atomic mass is 10.0. The Kier molecular flexibility index (Phi) is 3.94. The summed E-state index contributed by atoms with van der Waals surface area (Å²) in [6, 6.07) is 28.4. The first-order valence-electron chi connectivity index (χ1n) is 11.0. The van der Waals surface area contributed by atoms with Gasteiger partial charge in [0.2, 0.25) is 0 Å². The molecule has 0 spiro atoms. The van der Waals surface area contributed by atoms with Gasteiger partial charge in [-0.3, -0.25) is 4.98 Å². The molecule has 2 heterocycles. The van der Waals surface area contributed by atoms with Crippen LogP contribution in [0, 0.1) is 13.8 Å². The van der Waals surface area contributed by atoms with E-state index >= 15 is 0 Å². The zero-order valence-electron chi connectivity index (χ0n) is 18.1. The number of fused-ring (bicyclic) bond motifs is 5. The van der Waals surface area contributed by atoms with Crippen molar-refractivity contribution in [3.05, 3.63) is 101 Å². The Labute approximate surface area is 183 Å². The zero-order valence-corrected chi connectivity index (χ0v) is 18.1. The molecule has 4 aromatic rings. The van der Waals surface area contributed by atoms with Crippen LogP contribution in [0.25, 0.3) is 11.1 Å². The van der Waals surface area contributed by atoms with Gasteiger partial charge in [0.1, 0.15) is 6.17 Å². The van der Waals surface area contributed by atoms with Gasteiger partial charge in [-0.15, -0.1) is 0 Å². The number of rotatable bonds is 2. The summed E-state index contributed by atoms with van der Waals surface area (Å²) in [6.45, 7) is 6.57. The monoisotopic (exact) mass is 403 g/mol. The highest BCUT2D eigenvalue weighted by atomic mass is 15.4. The second kappa shape index (κ2) is 6.71. The van der Waals surface area contributed by atoms with Crippen molar-refractivity contribution < 1.29 is 0 Å². The van der Waals surface area contributed by atoms with Crippen molar-refractivity contribution in [3.63, 3.8) is 0 Å². The van der Waals surface area contributed by atoms with E-state index in [0.717, 1.165) is 12.1 Å². The second-order valence-corrected chi connectivity index (χ2v) is 8.58. The third kappa shape index (κ3) is 2.63. The van der Waals surface area contributed by atoms with E-state index in [1.165, 1.54) is 50.7 Å². The highest BCUT2D eigenvalue weighted by Gasteiger charge is 2.39. The summed E-state index contributed by atoms with van der Waals surface area (Å²) >= 11 is 0.